The summed E-state index contributed by atoms with van der Waals surface area (Å²) >= 11 is 0. The van der Waals surface area contributed by atoms with Crippen molar-refractivity contribution >= 4 is 5.97 Å². The molecule has 0 saturated carbocycles. The summed E-state index contributed by atoms with van der Waals surface area (Å²) in [5, 5.41) is 3.35. The summed E-state index contributed by atoms with van der Waals surface area (Å²) in [6.07, 6.45) is -4.01. The molecule has 0 aliphatic carbocycles. The van der Waals surface area contributed by atoms with Crippen molar-refractivity contribution in [3.8, 4) is 0 Å². The standard InChI is InChI=1S/C7H7F3N2O2/c1-12-5(6(13)14-2)4(3-11-12)7(8,9)10/h3H,1-2H3. The Balaban J connectivity index is 3.26. The summed E-state index contributed by atoms with van der Waals surface area (Å²) in [6.45, 7) is 0. The van der Waals surface area contributed by atoms with Crippen molar-refractivity contribution in [3.63, 3.8) is 0 Å². The van der Waals surface area contributed by atoms with E-state index in [1.54, 1.807) is 0 Å². The normalized spacial score (nSPS) is 11.5. The van der Waals surface area contributed by atoms with Crippen molar-refractivity contribution in [1.82, 2.24) is 9.78 Å². The van der Waals surface area contributed by atoms with Gasteiger partial charge in [-0.05, 0) is 0 Å². The van der Waals surface area contributed by atoms with Crippen molar-refractivity contribution in [2.24, 2.45) is 7.05 Å². The number of carbonyl (C=O) groups excluding carboxylic acids is 1. The molecule has 14 heavy (non-hydrogen) atoms. The second-order valence-corrected chi connectivity index (χ2v) is 2.52. The van der Waals surface area contributed by atoms with Crippen LogP contribution in [0.2, 0.25) is 0 Å². The van der Waals surface area contributed by atoms with Gasteiger partial charge < -0.3 is 4.74 Å². The van der Waals surface area contributed by atoms with Crippen LogP contribution in [-0.2, 0) is 18.0 Å². The zero-order valence-electron chi connectivity index (χ0n) is 7.42. The van der Waals surface area contributed by atoms with Crippen LogP contribution < -0.4 is 0 Å². The predicted molar refractivity (Wildman–Crippen MR) is 39.5 cm³/mol. The van der Waals surface area contributed by atoms with E-state index in [-0.39, 0.29) is 0 Å². The van der Waals surface area contributed by atoms with Crippen LogP contribution in [0.3, 0.4) is 0 Å². The summed E-state index contributed by atoms with van der Waals surface area (Å²) < 4.78 is 41.9. The van der Waals surface area contributed by atoms with Crippen LogP contribution in [0.4, 0.5) is 13.2 Å². The Morgan fingerprint density at radius 1 is 1.57 bits per heavy atom. The lowest BCUT2D eigenvalue weighted by molar-refractivity contribution is -0.138. The first-order valence-corrected chi connectivity index (χ1v) is 3.55. The third-order valence-electron chi connectivity index (χ3n) is 1.62. The average Bonchev–Trinajstić information content (AvgIpc) is 2.45. The molecule has 0 aliphatic heterocycles. The average molecular weight is 208 g/mol. The molecule has 0 aliphatic rings. The number of alkyl halides is 3. The Kier molecular flexibility index (Phi) is 2.50. The van der Waals surface area contributed by atoms with Crippen molar-refractivity contribution < 1.29 is 22.7 Å². The number of nitrogens with zero attached hydrogens (tertiary/aromatic N) is 2. The highest BCUT2D eigenvalue weighted by Gasteiger charge is 2.38. The van der Waals surface area contributed by atoms with Gasteiger partial charge in [0.2, 0.25) is 0 Å². The number of esters is 1. The molecule has 7 heteroatoms. The molecule has 0 fully saturated rings. The van der Waals surface area contributed by atoms with Crippen LogP contribution >= 0.6 is 0 Å². The molecular weight excluding hydrogens is 201 g/mol. The lowest BCUT2D eigenvalue weighted by Gasteiger charge is -2.06. The van der Waals surface area contributed by atoms with E-state index >= 15 is 0 Å². The minimum absolute atomic E-state index is 0.590. The van der Waals surface area contributed by atoms with Gasteiger partial charge in [0.1, 0.15) is 5.56 Å². The zero-order valence-corrected chi connectivity index (χ0v) is 7.42. The molecule has 1 rings (SSSR count). The maximum atomic E-state index is 12.3. The monoisotopic (exact) mass is 208 g/mol. The van der Waals surface area contributed by atoms with Gasteiger partial charge in [-0.15, -0.1) is 0 Å². The van der Waals surface area contributed by atoms with Crippen LogP contribution in [0, 0.1) is 0 Å². The van der Waals surface area contributed by atoms with Crippen LogP contribution in [0.5, 0.6) is 0 Å². The quantitative estimate of drug-likeness (QED) is 0.652. The maximum Gasteiger partial charge on any atom is 0.420 e. The molecule has 1 aromatic heterocycles. The second-order valence-electron chi connectivity index (χ2n) is 2.52. The Morgan fingerprint density at radius 3 is 2.57 bits per heavy atom. The van der Waals surface area contributed by atoms with Gasteiger partial charge in [-0.25, -0.2) is 4.79 Å². The van der Waals surface area contributed by atoms with Gasteiger partial charge in [0, 0.05) is 7.05 Å². The number of carbonyl (C=O) groups is 1. The molecule has 1 heterocycles. The molecule has 4 nitrogen and oxygen atoms in total. The van der Waals surface area contributed by atoms with E-state index in [4.69, 9.17) is 0 Å². The van der Waals surface area contributed by atoms with Gasteiger partial charge in [0.15, 0.2) is 5.69 Å². The largest absolute Gasteiger partial charge is 0.464 e. The van der Waals surface area contributed by atoms with Gasteiger partial charge in [0.25, 0.3) is 0 Å². The smallest absolute Gasteiger partial charge is 0.420 e. The highest BCUT2D eigenvalue weighted by molar-refractivity contribution is 5.89. The molecule has 0 radical (unpaired) electrons. The molecular formula is C7H7F3N2O2. The Hall–Kier alpha value is -1.53. The number of hydrogen-bond acceptors (Lipinski definition) is 3. The van der Waals surface area contributed by atoms with E-state index in [0.717, 1.165) is 11.8 Å². The Bertz CT molecular complexity index is 356. The molecule has 78 valence electrons. The first-order valence-electron chi connectivity index (χ1n) is 3.55. The van der Waals surface area contributed by atoms with Gasteiger partial charge in [-0.2, -0.15) is 18.3 Å². The van der Waals surface area contributed by atoms with Crippen molar-refractivity contribution in [2.45, 2.75) is 6.18 Å². The number of ether oxygens (including phenoxy) is 1. The SMILES string of the molecule is COC(=O)c1c(C(F)(F)F)cnn1C. The summed E-state index contributed by atoms with van der Waals surface area (Å²) in [4.78, 5) is 11.0. The molecule has 0 saturated heterocycles. The fourth-order valence-electron chi connectivity index (χ4n) is 0.984. The first-order chi connectivity index (χ1) is 6.38. The Labute approximate surface area is 77.3 Å². The summed E-state index contributed by atoms with van der Waals surface area (Å²) in [7, 11) is 2.25. The van der Waals surface area contributed by atoms with E-state index in [2.05, 4.69) is 9.84 Å². The molecule has 0 unspecified atom stereocenters. The van der Waals surface area contributed by atoms with E-state index in [9.17, 15) is 18.0 Å². The third kappa shape index (κ3) is 1.70. The van der Waals surface area contributed by atoms with Crippen LogP contribution in [0.1, 0.15) is 16.1 Å². The van der Waals surface area contributed by atoms with Crippen molar-refractivity contribution in [1.29, 1.82) is 0 Å². The summed E-state index contributed by atoms with van der Waals surface area (Å²) in [6, 6.07) is 0. The van der Waals surface area contributed by atoms with E-state index in [0.29, 0.717) is 6.20 Å². The second kappa shape index (κ2) is 3.32. The van der Waals surface area contributed by atoms with Gasteiger partial charge in [-0.1, -0.05) is 0 Å². The zero-order chi connectivity index (χ0) is 10.9. The molecule has 0 aromatic carbocycles. The predicted octanol–water partition coefficient (Wildman–Crippen LogP) is 1.23. The highest BCUT2D eigenvalue weighted by atomic mass is 19.4. The Morgan fingerprint density at radius 2 is 2.14 bits per heavy atom. The van der Waals surface area contributed by atoms with Gasteiger partial charge >= 0.3 is 12.1 Å². The number of halogens is 3. The maximum absolute atomic E-state index is 12.3. The van der Waals surface area contributed by atoms with Gasteiger partial charge in [0.05, 0.1) is 13.3 Å². The molecule has 0 atom stereocenters. The fraction of sp³-hybridized carbons (Fsp3) is 0.429. The highest BCUT2D eigenvalue weighted by Crippen LogP contribution is 2.31. The van der Waals surface area contributed by atoms with Crippen LogP contribution in [0.15, 0.2) is 6.20 Å². The van der Waals surface area contributed by atoms with E-state index in [1.165, 1.54) is 7.05 Å². The molecule has 0 amide bonds. The third-order valence-corrected chi connectivity index (χ3v) is 1.62. The number of aryl methyl sites for hydroxylation is 1. The van der Waals surface area contributed by atoms with E-state index in [1.807, 2.05) is 0 Å². The fourth-order valence-corrected chi connectivity index (χ4v) is 0.984. The van der Waals surface area contributed by atoms with Gasteiger partial charge in [-0.3, -0.25) is 4.68 Å². The molecule has 0 spiro atoms. The number of aromatic nitrogens is 2. The van der Waals surface area contributed by atoms with Crippen LogP contribution in [0.25, 0.3) is 0 Å². The minimum atomic E-state index is -4.60. The van der Waals surface area contributed by atoms with E-state index < -0.39 is 23.4 Å². The van der Waals surface area contributed by atoms with Crippen LogP contribution in [-0.4, -0.2) is 22.9 Å². The number of methoxy groups -OCH3 is 1. The first kappa shape index (κ1) is 10.6. The molecule has 0 bridgehead atoms. The van der Waals surface area contributed by atoms with Crippen molar-refractivity contribution in [2.75, 3.05) is 7.11 Å². The molecule has 0 N–H and O–H groups in total. The minimum Gasteiger partial charge on any atom is -0.464 e. The number of hydrogen-bond donors (Lipinski definition) is 0. The van der Waals surface area contributed by atoms with Crippen molar-refractivity contribution in [3.05, 3.63) is 17.5 Å². The summed E-state index contributed by atoms with van der Waals surface area (Å²) in [5.74, 6) is -1.06. The number of rotatable bonds is 1. The lowest BCUT2D eigenvalue weighted by atomic mass is 10.2. The lowest BCUT2D eigenvalue weighted by Crippen LogP contribution is -2.15. The molecule has 1 aromatic rings. The topological polar surface area (TPSA) is 44.1 Å². The summed E-state index contributed by atoms with van der Waals surface area (Å²) in [5.41, 5.74) is -1.69.